The third kappa shape index (κ3) is 4.89. The molecule has 4 heteroatoms. The van der Waals surface area contributed by atoms with Crippen LogP contribution in [-0.4, -0.2) is 25.1 Å². The van der Waals surface area contributed by atoms with E-state index in [2.05, 4.69) is 43.4 Å². The van der Waals surface area contributed by atoms with Gasteiger partial charge in [0.25, 0.3) is 5.91 Å². The molecular weight excluding hydrogens is 336 g/mol. The van der Waals surface area contributed by atoms with Crippen LogP contribution in [0, 0.1) is 0 Å². The fourth-order valence-electron chi connectivity index (χ4n) is 3.52. The predicted octanol–water partition coefficient (Wildman–Crippen LogP) is 3.39. The second-order valence-electron chi connectivity index (χ2n) is 7.83. The van der Waals surface area contributed by atoms with Crippen molar-refractivity contribution in [3.63, 3.8) is 0 Å². The summed E-state index contributed by atoms with van der Waals surface area (Å²) in [6, 6.07) is 16.9. The summed E-state index contributed by atoms with van der Waals surface area (Å²) in [5, 5.41) is 3.05. The smallest absolute Gasteiger partial charge is 0.282 e. The van der Waals surface area contributed by atoms with Crippen LogP contribution in [0.25, 0.3) is 0 Å². The Labute approximate surface area is 162 Å². The summed E-state index contributed by atoms with van der Waals surface area (Å²) in [6.07, 6.45) is 2.40. The second-order valence-corrected chi connectivity index (χ2v) is 7.83. The van der Waals surface area contributed by atoms with Crippen LogP contribution in [0.4, 0.5) is 5.69 Å². The number of ether oxygens (including phenoxy) is 1. The van der Waals surface area contributed by atoms with Gasteiger partial charge in [-0.05, 0) is 30.5 Å². The van der Waals surface area contributed by atoms with Crippen LogP contribution in [0.3, 0.4) is 0 Å². The molecule has 144 valence electrons. The number of amides is 1. The molecule has 1 aliphatic rings. The maximum Gasteiger partial charge on any atom is 0.282 e. The van der Waals surface area contributed by atoms with Crippen LogP contribution in [0.2, 0.25) is 0 Å². The van der Waals surface area contributed by atoms with Crippen molar-refractivity contribution in [1.29, 1.82) is 0 Å². The topological polar surface area (TPSA) is 42.8 Å². The molecule has 2 aromatic carbocycles. The number of benzene rings is 2. The lowest BCUT2D eigenvalue weighted by molar-refractivity contribution is -0.938. The molecule has 0 radical (unpaired) electrons. The number of hydrogen-bond donors (Lipinski definition) is 2. The molecule has 0 heterocycles. The van der Waals surface area contributed by atoms with Gasteiger partial charge in [-0.25, -0.2) is 0 Å². The molecule has 0 spiro atoms. The average molecular weight is 368 g/mol. The third-order valence-corrected chi connectivity index (χ3v) is 5.47. The summed E-state index contributed by atoms with van der Waals surface area (Å²) >= 11 is 0. The highest BCUT2D eigenvalue weighted by molar-refractivity contribution is 5.94. The first-order chi connectivity index (χ1) is 13.0. The van der Waals surface area contributed by atoms with Crippen molar-refractivity contribution in [2.45, 2.75) is 58.2 Å². The van der Waals surface area contributed by atoms with Gasteiger partial charge in [0.2, 0.25) is 0 Å². The van der Waals surface area contributed by atoms with E-state index in [4.69, 9.17) is 4.74 Å². The monoisotopic (exact) mass is 367 g/mol. The summed E-state index contributed by atoms with van der Waals surface area (Å²) in [7, 11) is 1.62. The Balaban J connectivity index is 1.69. The van der Waals surface area contributed by atoms with Gasteiger partial charge in [0.15, 0.2) is 6.04 Å². The van der Waals surface area contributed by atoms with E-state index in [-0.39, 0.29) is 11.9 Å². The van der Waals surface area contributed by atoms with Crippen LogP contribution >= 0.6 is 0 Å². The molecule has 27 heavy (non-hydrogen) atoms. The van der Waals surface area contributed by atoms with E-state index in [0.717, 1.165) is 12.2 Å². The molecule has 0 aliphatic heterocycles. The maximum atomic E-state index is 12.9. The number of quaternary nitrogens is 1. The normalized spacial score (nSPS) is 16.0. The Bertz CT molecular complexity index is 766. The van der Waals surface area contributed by atoms with Crippen molar-refractivity contribution in [3.8, 4) is 5.75 Å². The standard InChI is InChI=1S/C23H30N2O2/c1-16(2)19-11-9-18(10-12-19)15-25(20-13-14-20)17(3)23(26)24-21-7-5-6-8-22(21)27-4/h5-12,16-17,20H,13-15H2,1-4H3,(H,24,26)/p+1/t17-/m1/s1. The molecular formula is C23H31N2O2+. The van der Waals surface area contributed by atoms with Crippen molar-refractivity contribution in [2.75, 3.05) is 12.4 Å². The summed E-state index contributed by atoms with van der Waals surface area (Å²) in [5.41, 5.74) is 3.38. The van der Waals surface area contributed by atoms with E-state index in [1.807, 2.05) is 31.2 Å². The molecule has 0 aromatic heterocycles. The van der Waals surface area contributed by atoms with Crippen molar-refractivity contribution in [2.24, 2.45) is 0 Å². The Kier molecular flexibility index (Phi) is 6.17. The van der Waals surface area contributed by atoms with Gasteiger partial charge in [0.1, 0.15) is 12.3 Å². The van der Waals surface area contributed by atoms with Gasteiger partial charge in [0, 0.05) is 18.4 Å². The minimum Gasteiger partial charge on any atom is -0.495 e. The molecule has 2 atom stereocenters. The molecule has 2 aromatic rings. The molecule has 1 amide bonds. The Hall–Kier alpha value is -2.33. The minimum absolute atomic E-state index is 0.0419. The Morgan fingerprint density at radius 1 is 1.11 bits per heavy atom. The SMILES string of the molecule is COc1ccccc1NC(=O)[C@@H](C)[NH+](Cc1ccc(C(C)C)cc1)C1CC1. The molecule has 3 rings (SSSR count). The van der Waals surface area contributed by atoms with Crippen LogP contribution in [0.5, 0.6) is 5.75 Å². The molecule has 2 N–H and O–H groups in total. The molecule has 1 unspecified atom stereocenters. The number of carbonyl (C=O) groups excluding carboxylic acids is 1. The number of carbonyl (C=O) groups is 1. The Morgan fingerprint density at radius 2 is 1.78 bits per heavy atom. The number of methoxy groups -OCH3 is 1. The first-order valence-electron chi connectivity index (χ1n) is 9.88. The van der Waals surface area contributed by atoms with E-state index >= 15 is 0 Å². The fourth-order valence-corrected chi connectivity index (χ4v) is 3.52. The van der Waals surface area contributed by atoms with Gasteiger partial charge in [0.05, 0.1) is 18.8 Å². The molecule has 1 fully saturated rings. The molecule has 0 saturated heterocycles. The number of para-hydroxylation sites is 2. The number of anilines is 1. The van der Waals surface area contributed by atoms with Gasteiger partial charge in [-0.15, -0.1) is 0 Å². The van der Waals surface area contributed by atoms with Crippen LogP contribution in [0.1, 0.15) is 50.7 Å². The van der Waals surface area contributed by atoms with Gasteiger partial charge in [-0.2, -0.15) is 0 Å². The summed E-state index contributed by atoms with van der Waals surface area (Å²) < 4.78 is 5.35. The molecule has 1 aliphatic carbocycles. The molecule has 4 nitrogen and oxygen atoms in total. The van der Waals surface area contributed by atoms with E-state index < -0.39 is 0 Å². The second kappa shape index (κ2) is 8.57. The zero-order valence-corrected chi connectivity index (χ0v) is 16.8. The van der Waals surface area contributed by atoms with Crippen molar-refractivity contribution >= 4 is 11.6 Å². The van der Waals surface area contributed by atoms with Gasteiger partial charge >= 0.3 is 0 Å². The van der Waals surface area contributed by atoms with Crippen molar-refractivity contribution in [3.05, 3.63) is 59.7 Å². The lowest BCUT2D eigenvalue weighted by Crippen LogP contribution is -3.16. The van der Waals surface area contributed by atoms with Gasteiger partial charge < -0.3 is 15.0 Å². The number of hydrogen-bond acceptors (Lipinski definition) is 2. The summed E-state index contributed by atoms with van der Waals surface area (Å²) in [4.78, 5) is 14.2. The highest BCUT2D eigenvalue weighted by Crippen LogP contribution is 2.23. The minimum atomic E-state index is -0.118. The van der Waals surface area contributed by atoms with Crippen molar-refractivity contribution in [1.82, 2.24) is 0 Å². The first kappa shape index (κ1) is 19.4. The van der Waals surface area contributed by atoms with Crippen LogP contribution in [-0.2, 0) is 11.3 Å². The average Bonchev–Trinajstić information content (AvgIpc) is 3.51. The van der Waals surface area contributed by atoms with Gasteiger partial charge in [-0.3, -0.25) is 4.79 Å². The maximum absolute atomic E-state index is 12.9. The number of nitrogens with one attached hydrogen (secondary N) is 2. The summed E-state index contributed by atoms with van der Waals surface area (Å²) in [6.45, 7) is 7.33. The van der Waals surface area contributed by atoms with Crippen LogP contribution < -0.4 is 15.0 Å². The third-order valence-electron chi connectivity index (χ3n) is 5.47. The van der Waals surface area contributed by atoms with Gasteiger partial charge in [-0.1, -0.05) is 50.2 Å². The first-order valence-corrected chi connectivity index (χ1v) is 9.88. The fraction of sp³-hybridized carbons (Fsp3) is 0.435. The van der Waals surface area contributed by atoms with Crippen LogP contribution in [0.15, 0.2) is 48.5 Å². The highest BCUT2D eigenvalue weighted by Gasteiger charge is 2.39. The van der Waals surface area contributed by atoms with E-state index in [9.17, 15) is 4.79 Å². The highest BCUT2D eigenvalue weighted by atomic mass is 16.5. The quantitative estimate of drug-likeness (QED) is 0.751. The number of rotatable bonds is 8. The Morgan fingerprint density at radius 3 is 2.37 bits per heavy atom. The lowest BCUT2D eigenvalue weighted by atomic mass is 10.0. The van der Waals surface area contributed by atoms with E-state index in [1.54, 1.807) is 7.11 Å². The lowest BCUT2D eigenvalue weighted by Gasteiger charge is -2.26. The molecule has 1 saturated carbocycles. The van der Waals surface area contributed by atoms with E-state index in [0.29, 0.717) is 17.7 Å². The van der Waals surface area contributed by atoms with Crippen molar-refractivity contribution < 1.29 is 14.4 Å². The van der Waals surface area contributed by atoms with E-state index in [1.165, 1.54) is 28.9 Å². The zero-order valence-electron chi connectivity index (χ0n) is 16.8. The zero-order chi connectivity index (χ0) is 19.4. The summed E-state index contributed by atoms with van der Waals surface area (Å²) in [5.74, 6) is 1.27. The molecule has 0 bridgehead atoms. The largest absolute Gasteiger partial charge is 0.495 e. The predicted molar refractivity (Wildman–Crippen MR) is 109 cm³/mol.